The molecule has 2 N–H and O–H groups in total. The van der Waals surface area contributed by atoms with Gasteiger partial charge in [-0.05, 0) is 37.1 Å². The number of ether oxygens (including phenoxy) is 3. The van der Waals surface area contributed by atoms with Crippen LogP contribution in [0, 0.1) is 0 Å². The summed E-state index contributed by atoms with van der Waals surface area (Å²) in [6.45, 7) is 1.35. The van der Waals surface area contributed by atoms with Crippen LogP contribution in [-0.2, 0) is 11.3 Å². The monoisotopic (exact) mass is 531 g/mol. The maximum Gasteiger partial charge on any atom is 0.337 e. The number of esters is 1. The van der Waals surface area contributed by atoms with Gasteiger partial charge < -0.3 is 24.8 Å². The number of thiocarbonyl (C=S) groups is 1. The Balaban J connectivity index is 1.59. The fourth-order valence-electron chi connectivity index (χ4n) is 4.72. The van der Waals surface area contributed by atoms with Crippen LogP contribution < -0.4 is 20.1 Å². The number of carbonyl (C=O) groups is 1. The predicted molar refractivity (Wildman–Crippen MR) is 149 cm³/mol. The van der Waals surface area contributed by atoms with Crippen molar-refractivity contribution in [1.82, 2.24) is 19.7 Å². The van der Waals surface area contributed by atoms with Crippen molar-refractivity contribution in [3.05, 3.63) is 71.8 Å². The number of imidazole rings is 1. The molecule has 1 saturated heterocycles. The van der Waals surface area contributed by atoms with Crippen molar-refractivity contribution in [3.8, 4) is 22.8 Å². The second-order valence-electron chi connectivity index (χ2n) is 8.90. The van der Waals surface area contributed by atoms with Gasteiger partial charge in [0.25, 0.3) is 0 Å². The molecule has 1 fully saturated rings. The maximum atomic E-state index is 12.0. The Morgan fingerprint density at radius 2 is 1.97 bits per heavy atom. The lowest BCUT2D eigenvalue weighted by Gasteiger charge is -2.23. The van der Waals surface area contributed by atoms with Crippen molar-refractivity contribution in [2.24, 2.45) is 0 Å². The minimum atomic E-state index is -0.386. The van der Waals surface area contributed by atoms with E-state index in [2.05, 4.69) is 20.0 Å². The van der Waals surface area contributed by atoms with Gasteiger partial charge in [-0.2, -0.15) is 0 Å². The molecule has 38 heavy (non-hydrogen) atoms. The molecule has 0 amide bonds. The molecule has 0 saturated carbocycles. The molecule has 2 aromatic carbocycles. The molecule has 5 rings (SSSR count). The standard InChI is InChI=1S/C28H29N5O4S/c1-35-20-11-10-19(22(15-20)36-2)16-31-25-24-23(17-6-8-18(9-7-17)28(34)37-3)32-26(33(24)14-13-29-25)21-5-4-12-30-27(21)38/h6-11,13-15,21H,4-5,12,16H2,1-3H3,(H,29,31)(H,30,38). The van der Waals surface area contributed by atoms with Crippen LogP contribution in [-0.4, -0.2) is 53.2 Å². The van der Waals surface area contributed by atoms with E-state index in [1.807, 2.05) is 36.5 Å². The number of fused-ring (bicyclic) bond motifs is 1. The average molecular weight is 532 g/mol. The lowest BCUT2D eigenvalue weighted by atomic mass is 9.99. The van der Waals surface area contributed by atoms with E-state index in [-0.39, 0.29) is 11.9 Å². The number of hydrogen-bond donors (Lipinski definition) is 2. The van der Waals surface area contributed by atoms with E-state index in [1.54, 1.807) is 32.5 Å². The highest BCUT2D eigenvalue weighted by atomic mass is 32.1. The SMILES string of the molecule is COC(=O)c1ccc(-c2nc(C3CCCNC3=S)n3ccnc(NCc4ccc(OC)cc4OC)c23)cc1. The molecule has 3 heterocycles. The summed E-state index contributed by atoms with van der Waals surface area (Å²) in [6.07, 6.45) is 5.60. The van der Waals surface area contributed by atoms with Crippen molar-refractivity contribution >= 4 is 34.5 Å². The highest BCUT2D eigenvalue weighted by Crippen LogP contribution is 2.35. The first kappa shape index (κ1) is 25.5. The molecule has 0 aliphatic carbocycles. The normalized spacial score (nSPS) is 15.1. The predicted octanol–water partition coefficient (Wildman–Crippen LogP) is 4.61. The zero-order chi connectivity index (χ0) is 26.6. The zero-order valence-corrected chi connectivity index (χ0v) is 22.3. The summed E-state index contributed by atoms with van der Waals surface area (Å²) >= 11 is 5.68. The van der Waals surface area contributed by atoms with Crippen LogP contribution in [0.5, 0.6) is 11.5 Å². The molecular formula is C28H29N5O4S. The van der Waals surface area contributed by atoms with Crippen LogP contribution in [0.25, 0.3) is 16.8 Å². The van der Waals surface area contributed by atoms with Gasteiger partial charge in [-0.1, -0.05) is 24.4 Å². The summed E-state index contributed by atoms with van der Waals surface area (Å²) in [5.41, 5.74) is 3.87. The van der Waals surface area contributed by atoms with Crippen LogP contribution in [0.2, 0.25) is 0 Å². The van der Waals surface area contributed by atoms with E-state index >= 15 is 0 Å². The second kappa shape index (κ2) is 11.1. The number of nitrogens with zero attached hydrogens (tertiary/aromatic N) is 3. The molecule has 10 heteroatoms. The molecule has 0 radical (unpaired) electrons. The van der Waals surface area contributed by atoms with Gasteiger partial charge in [-0.3, -0.25) is 4.40 Å². The van der Waals surface area contributed by atoms with Gasteiger partial charge in [0, 0.05) is 42.7 Å². The smallest absolute Gasteiger partial charge is 0.337 e. The minimum Gasteiger partial charge on any atom is -0.497 e. The molecule has 196 valence electrons. The Morgan fingerprint density at radius 1 is 1.16 bits per heavy atom. The Hall–Kier alpha value is -4.18. The van der Waals surface area contributed by atoms with Crippen LogP contribution in [0.15, 0.2) is 54.9 Å². The van der Waals surface area contributed by atoms with Crippen molar-refractivity contribution in [3.63, 3.8) is 0 Å². The quantitative estimate of drug-likeness (QED) is 0.249. The highest BCUT2D eigenvalue weighted by Gasteiger charge is 2.28. The van der Waals surface area contributed by atoms with Gasteiger partial charge >= 0.3 is 5.97 Å². The third-order valence-corrected chi connectivity index (χ3v) is 7.13. The number of carbonyl (C=O) groups excluding carboxylic acids is 1. The molecule has 2 aromatic heterocycles. The fraction of sp³-hybridized carbons (Fsp3) is 0.286. The first-order valence-corrected chi connectivity index (χ1v) is 12.7. The lowest BCUT2D eigenvalue weighted by molar-refractivity contribution is 0.0600. The number of aromatic nitrogens is 3. The van der Waals surface area contributed by atoms with Crippen LogP contribution in [0.1, 0.15) is 40.5 Å². The second-order valence-corrected chi connectivity index (χ2v) is 9.34. The van der Waals surface area contributed by atoms with Crippen LogP contribution in [0.4, 0.5) is 5.82 Å². The zero-order valence-electron chi connectivity index (χ0n) is 21.5. The number of hydrogen-bond acceptors (Lipinski definition) is 8. The van der Waals surface area contributed by atoms with E-state index in [0.717, 1.165) is 64.0 Å². The first-order chi connectivity index (χ1) is 18.5. The number of methoxy groups -OCH3 is 3. The largest absolute Gasteiger partial charge is 0.497 e. The number of rotatable bonds is 8. The summed E-state index contributed by atoms with van der Waals surface area (Å²) in [5, 5.41) is 6.80. The molecule has 1 aliphatic rings. The summed E-state index contributed by atoms with van der Waals surface area (Å²) in [7, 11) is 4.63. The number of benzene rings is 2. The first-order valence-electron chi connectivity index (χ1n) is 12.3. The van der Waals surface area contributed by atoms with Gasteiger partial charge in [0.1, 0.15) is 28.5 Å². The third-order valence-electron chi connectivity index (χ3n) is 6.70. The third kappa shape index (κ3) is 4.87. The number of anilines is 1. The Bertz CT molecular complexity index is 1480. The Kier molecular flexibility index (Phi) is 7.41. The van der Waals surface area contributed by atoms with Gasteiger partial charge in [0.15, 0.2) is 5.82 Å². The molecule has 1 aliphatic heterocycles. The van der Waals surface area contributed by atoms with Crippen molar-refractivity contribution in [1.29, 1.82) is 0 Å². The van der Waals surface area contributed by atoms with Crippen molar-refractivity contribution in [2.75, 3.05) is 33.2 Å². The Labute approximate surface area is 226 Å². The molecule has 0 spiro atoms. The van der Waals surface area contributed by atoms with E-state index in [0.29, 0.717) is 17.9 Å². The van der Waals surface area contributed by atoms with E-state index in [9.17, 15) is 4.79 Å². The molecule has 0 bridgehead atoms. The van der Waals surface area contributed by atoms with Crippen LogP contribution in [0.3, 0.4) is 0 Å². The average Bonchev–Trinajstić information content (AvgIpc) is 3.36. The van der Waals surface area contributed by atoms with E-state index < -0.39 is 0 Å². The number of nitrogens with one attached hydrogen (secondary N) is 2. The maximum absolute atomic E-state index is 12.0. The molecule has 1 atom stereocenters. The lowest BCUT2D eigenvalue weighted by Crippen LogP contribution is -2.34. The van der Waals surface area contributed by atoms with Crippen molar-refractivity contribution in [2.45, 2.75) is 25.3 Å². The minimum absolute atomic E-state index is 0.00808. The van der Waals surface area contributed by atoms with Gasteiger partial charge in [-0.25, -0.2) is 14.8 Å². The summed E-state index contributed by atoms with van der Waals surface area (Å²) in [5.74, 6) is 2.58. The topological polar surface area (TPSA) is 99.0 Å². The fourth-order valence-corrected chi connectivity index (χ4v) is 5.04. The van der Waals surface area contributed by atoms with E-state index in [1.165, 1.54) is 7.11 Å². The molecule has 9 nitrogen and oxygen atoms in total. The summed E-state index contributed by atoms with van der Waals surface area (Å²) < 4.78 is 17.8. The Morgan fingerprint density at radius 3 is 2.68 bits per heavy atom. The number of piperidine rings is 1. The van der Waals surface area contributed by atoms with E-state index in [4.69, 9.17) is 31.4 Å². The summed E-state index contributed by atoms with van der Waals surface area (Å²) in [6, 6.07) is 12.9. The van der Waals surface area contributed by atoms with Gasteiger partial charge in [0.05, 0.1) is 37.8 Å². The molecule has 1 unspecified atom stereocenters. The van der Waals surface area contributed by atoms with Gasteiger partial charge in [0.2, 0.25) is 0 Å². The molecular weight excluding hydrogens is 502 g/mol. The van der Waals surface area contributed by atoms with Crippen LogP contribution >= 0.6 is 12.2 Å². The van der Waals surface area contributed by atoms with Crippen molar-refractivity contribution < 1.29 is 19.0 Å². The van der Waals surface area contributed by atoms with Gasteiger partial charge in [-0.15, -0.1) is 0 Å². The highest BCUT2D eigenvalue weighted by molar-refractivity contribution is 7.80. The summed E-state index contributed by atoms with van der Waals surface area (Å²) in [4.78, 5) is 22.6. The molecule has 4 aromatic rings.